The summed E-state index contributed by atoms with van der Waals surface area (Å²) in [5.41, 5.74) is 0.793. The summed E-state index contributed by atoms with van der Waals surface area (Å²) in [7, 11) is 1.66. The van der Waals surface area contributed by atoms with E-state index in [1.807, 2.05) is 0 Å². The quantitative estimate of drug-likeness (QED) is 0.463. The fourth-order valence-electron chi connectivity index (χ4n) is 1.38. The molecule has 1 aromatic carbocycles. The van der Waals surface area contributed by atoms with Gasteiger partial charge in [0.15, 0.2) is 0 Å². The van der Waals surface area contributed by atoms with E-state index in [-0.39, 0.29) is 10.7 Å². The first kappa shape index (κ1) is 13.9. The van der Waals surface area contributed by atoms with E-state index in [2.05, 4.69) is 5.32 Å². The average molecular weight is 259 g/mol. The van der Waals surface area contributed by atoms with Crippen LogP contribution in [0.15, 0.2) is 18.2 Å². The molecule has 94 valence electrons. The highest BCUT2D eigenvalue weighted by Gasteiger charge is 2.12. The second-order valence-electron chi connectivity index (χ2n) is 3.57. The molecule has 0 unspecified atom stereocenters. The normalized spacial score (nSPS) is 10.5. The number of halogens is 1. The van der Waals surface area contributed by atoms with Crippen LogP contribution in [0.5, 0.6) is 0 Å². The number of nitro benzene ring substituents is 1. The average Bonchev–Trinajstić information content (AvgIpc) is 2.30. The maximum Gasteiger partial charge on any atom is 0.288 e. The van der Waals surface area contributed by atoms with Gasteiger partial charge < -0.3 is 10.1 Å². The molecule has 0 atom stereocenters. The Morgan fingerprint density at radius 2 is 2.29 bits per heavy atom. The Morgan fingerprint density at radius 3 is 2.94 bits per heavy atom. The number of nitrogens with one attached hydrogen (secondary N) is 1. The van der Waals surface area contributed by atoms with E-state index in [9.17, 15) is 10.1 Å². The zero-order valence-electron chi connectivity index (χ0n) is 9.61. The molecule has 0 aromatic heterocycles. The fourth-order valence-corrected chi connectivity index (χ4v) is 1.57. The Hall–Kier alpha value is -1.17. The first-order chi connectivity index (χ1) is 8.15. The largest absolute Gasteiger partial charge is 0.385 e. The highest BCUT2D eigenvalue weighted by atomic mass is 35.5. The van der Waals surface area contributed by atoms with Gasteiger partial charge in [0, 0.05) is 26.3 Å². The van der Waals surface area contributed by atoms with Crippen molar-refractivity contribution in [3.8, 4) is 0 Å². The SMILES string of the molecule is COCCCNCc1ccc(Cl)c([N+](=O)[O-])c1. The molecule has 0 aliphatic heterocycles. The third kappa shape index (κ3) is 4.68. The van der Waals surface area contributed by atoms with Crippen molar-refractivity contribution in [3.63, 3.8) is 0 Å². The number of hydrogen-bond donors (Lipinski definition) is 1. The van der Waals surface area contributed by atoms with Crippen molar-refractivity contribution in [3.05, 3.63) is 38.9 Å². The Labute approximate surface area is 105 Å². The summed E-state index contributed by atoms with van der Waals surface area (Å²) < 4.78 is 4.91. The molecule has 1 N–H and O–H groups in total. The Kier molecular flexibility index (Phi) is 5.90. The number of nitrogens with zero attached hydrogens (tertiary/aromatic N) is 1. The summed E-state index contributed by atoms with van der Waals surface area (Å²) in [4.78, 5) is 10.2. The predicted octanol–water partition coefficient (Wildman–Crippen LogP) is 2.37. The highest BCUT2D eigenvalue weighted by Crippen LogP contribution is 2.24. The minimum absolute atomic E-state index is 0.0529. The van der Waals surface area contributed by atoms with Crippen LogP contribution in [0.3, 0.4) is 0 Å². The van der Waals surface area contributed by atoms with E-state index in [1.165, 1.54) is 6.07 Å². The van der Waals surface area contributed by atoms with Crippen LogP contribution in [0.4, 0.5) is 5.69 Å². The first-order valence-corrected chi connectivity index (χ1v) is 5.65. The van der Waals surface area contributed by atoms with E-state index in [1.54, 1.807) is 19.2 Å². The van der Waals surface area contributed by atoms with Gasteiger partial charge in [0.2, 0.25) is 0 Å². The van der Waals surface area contributed by atoms with Gasteiger partial charge in [-0.3, -0.25) is 10.1 Å². The van der Waals surface area contributed by atoms with Gasteiger partial charge in [-0.2, -0.15) is 0 Å². The van der Waals surface area contributed by atoms with Crippen LogP contribution < -0.4 is 5.32 Å². The smallest absolute Gasteiger partial charge is 0.288 e. The van der Waals surface area contributed by atoms with Crippen LogP contribution in [0.25, 0.3) is 0 Å². The highest BCUT2D eigenvalue weighted by molar-refractivity contribution is 6.32. The number of methoxy groups -OCH3 is 1. The fraction of sp³-hybridized carbons (Fsp3) is 0.455. The molecule has 17 heavy (non-hydrogen) atoms. The Bertz CT molecular complexity index is 385. The van der Waals surface area contributed by atoms with Crippen molar-refractivity contribution in [1.82, 2.24) is 5.32 Å². The molecule has 0 bridgehead atoms. The number of rotatable bonds is 7. The molecule has 0 saturated carbocycles. The lowest BCUT2D eigenvalue weighted by molar-refractivity contribution is -0.384. The molecule has 6 heteroatoms. The molecule has 0 saturated heterocycles. The zero-order chi connectivity index (χ0) is 12.7. The molecular weight excluding hydrogens is 244 g/mol. The maximum absolute atomic E-state index is 10.7. The molecule has 5 nitrogen and oxygen atoms in total. The second-order valence-corrected chi connectivity index (χ2v) is 3.97. The summed E-state index contributed by atoms with van der Waals surface area (Å²) >= 11 is 5.72. The van der Waals surface area contributed by atoms with Crippen molar-refractivity contribution in [2.24, 2.45) is 0 Å². The van der Waals surface area contributed by atoms with Crippen LogP contribution in [0, 0.1) is 10.1 Å². The molecule has 0 radical (unpaired) electrons. The van der Waals surface area contributed by atoms with E-state index in [0.717, 1.165) is 18.5 Å². The molecule has 0 aliphatic carbocycles. The summed E-state index contributed by atoms with van der Waals surface area (Å²) in [5.74, 6) is 0. The maximum atomic E-state index is 10.7. The lowest BCUT2D eigenvalue weighted by atomic mass is 10.2. The van der Waals surface area contributed by atoms with Crippen LogP contribution in [-0.2, 0) is 11.3 Å². The van der Waals surface area contributed by atoms with Gasteiger partial charge in [-0.1, -0.05) is 17.7 Å². The summed E-state index contributed by atoms with van der Waals surface area (Å²) in [6.07, 6.45) is 0.909. The molecule has 0 aliphatic rings. The molecule has 0 amide bonds. The summed E-state index contributed by atoms with van der Waals surface area (Å²) in [5, 5.41) is 14.0. The Balaban J connectivity index is 2.49. The minimum atomic E-state index is -0.475. The van der Waals surface area contributed by atoms with Gasteiger partial charge in [0.25, 0.3) is 5.69 Å². The minimum Gasteiger partial charge on any atom is -0.385 e. The molecule has 0 spiro atoms. The molecule has 0 heterocycles. The van der Waals surface area contributed by atoms with Gasteiger partial charge in [-0.15, -0.1) is 0 Å². The van der Waals surface area contributed by atoms with Gasteiger partial charge in [-0.05, 0) is 24.6 Å². The number of ether oxygens (including phenoxy) is 1. The van der Waals surface area contributed by atoms with Crippen molar-refractivity contribution in [1.29, 1.82) is 0 Å². The lowest BCUT2D eigenvalue weighted by Crippen LogP contribution is -2.16. The van der Waals surface area contributed by atoms with Crippen molar-refractivity contribution in [2.75, 3.05) is 20.3 Å². The summed E-state index contributed by atoms with van der Waals surface area (Å²) in [6, 6.07) is 4.82. The molecular formula is C11H15ClN2O3. The van der Waals surface area contributed by atoms with Gasteiger partial charge in [0.05, 0.1) is 4.92 Å². The van der Waals surface area contributed by atoms with Crippen molar-refractivity contribution in [2.45, 2.75) is 13.0 Å². The molecule has 1 rings (SSSR count). The van der Waals surface area contributed by atoms with E-state index in [0.29, 0.717) is 13.2 Å². The first-order valence-electron chi connectivity index (χ1n) is 5.27. The van der Waals surface area contributed by atoms with Crippen LogP contribution in [-0.4, -0.2) is 25.2 Å². The predicted molar refractivity (Wildman–Crippen MR) is 66.3 cm³/mol. The monoisotopic (exact) mass is 258 g/mol. The van der Waals surface area contributed by atoms with E-state index < -0.39 is 4.92 Å². The van der Waals surface area contributed by atoms with Gasteiger partial charge in [0.1, 0.15) is 5.02 Å². The third-order valence-electron chi connectivity index (χ3n) is 2.24. The topological polar surface area (TPSA) is 64.4 Å². The van der Waals surface area contributed by atoms with Gasteiger partial charge >= 0.3 is 0 Å². The lowest BCUT2D eigenvalue weighted by Gasteiger charge is -2.05. The number of benzene rings is 1. The van der Waals surface area contributed by atoms with E-state index in [4.69, 9.17) is 16.3 Å². The molecule has 0 fully saturated rings. The van der Waals surface area contributed by atoms with Crippen LogP contribution in [0.1, 0.15) is 12.0 Å². The summed E-state index contributed by atoms with van der Waals surface area (Å²) in [6.45, 7) is 2.10. The van der Waals surface area contributed by atoms with Crippen LogP contribution >= 0.6 is 11.6 Å². The van der Waals surface area contributed by atoms with Crippen LogP contribution in [0.2, 0.25) is 5.02 Å². The standard InChI is InChI=1S/C11H15ClN2O3/c1-17-6-2-5-13-8-9-3-4-10(12)11(7-9)14(15)16/h3-4,7,13H,2,5-6,8H2,1H3. The third-order valence-corrected chi connectivity index (χ3v) is 2.56. The number of nitro groups is 1. The molecule has 1 aromatic rings. The van der Waals surface area contributed by atoms with E-state index >= 15 is 0 Å². The Morgan fingerprint density at radius 1 is 1.53 bits per heavy atom. The van der Waals surface area contributed by atoms with Crippen molar-refractivity contribution >= 4 is 17.3 Å². The van der Waals surface area contributed by atoms with Gasteiger partial charge in [-0.25, -0.2) is 0 Å². The zero-order valence-corrected chi connectivity index (χ0v) is 10.4. The second kappa shape index (κ2) is 7.21. The van der Waals surface area contributed by atoms with Crippen molar-refractivity contribution < 1.29 is 9.66 Å². The number of hydrogen-bond acceptors (Lipinski definition) is 4.